The molecule has 0 aromatic carbocycles. The number of hydrogen-bond donors (Lipinski definition) is 0. The van der Waals surface area contributed by atoms with E-state index in [1.165, 1.54) is 6.42 Å². The molecule has 0 aliphatic heterocycles. The van der Waals surface area contributed by atoms with Gasteiger partial charge in [0, 0.05) is 7.11 Å². The van der Waals surface area contributed by atoms with Crippen molar-refractivity contribution < 1.29 is 14.3 Å². The van der Waals surface area contributed by atoms with Crippen LogP contribution in [0.4, 0.5) is 0 Å². The smallest absolute Gasteiger partial charge is 0.312 e. The van der Waals surface area contributed by atoms with Crippen LogP contribution in [-0.4, -0.2) is 24.3 Å². The molecule has 4 rings (SSSR count). The molecule has 0 amide bonds. The van der Waals surface area contributed by atoms with E-state index < -0.39 is 0 Å². The molecule has 0 radical (unpaired) electrons. The maximum atomic E-state index is 12.7. The summed E-state index contributed by atoms with van der Waals surface area (Å²) in [6, 6.07) is 0. The fourth-order valence-electron chi connectivity index (χ4n) is 5.04. The average Bonchev–Trinajstić information content (AvgIpc) is 2.25. The lowest BCUT2D eigenvalue weighted by molar-refractivity contribution is -0.210. The van der Waals surface area contributed by atoms with Crippen molar-refractivity contribution in [3.8, 4) is 0 Å². The molecule has 4 fully saturated rings. The molecule has 0 N–H and O–H groups in total. The zero-order valence-electron chi connectivity index (χ0n) is 12.6. The Balaban J connectivity index is 1.86. The first kappa shape index (κ1) is 13.4. The maximum absolute atomic E-state index is 12.7. The highest BCUT2D eigenvalue weighted by Gasteiger charge is 2.61. The molecular formula is C16H26O3. The van der Waals surface area contributed by atoms with Gasteiger partial charge in [-0.3, -0.25) is 4.79 Å². The monoisotopic (exact) mass is 266 g/mol. The van der Waals surface area contributed by atoms with E-state index in [9.17, 15) is 4.79 Å². The summed E-state index contributed by atoms with van der Waals surface area (Å²) in [5, 5.41) is 0. The van der Waals surface area contributed by atoms with Crippen LogP contribution in [0.15, 0.2) is 0 Å². The topological polar surface area (TPSA) is 35.5 Å². The second-order valence-corrected chi connectivity index (χ2v) is 8.13. The minimum Gasteiger partial charge on any atom is -0.460 e. The molecule has 4 bridgehead atoms. The van der Waals surface area contributed by atoms with Gasteiger partial charge in [0.15, 0.2) is 0 Å². The first-order chi connectivity index (χ1) is 8.76. The van der Waals surface area contributed by atoms with Gasteiger partial charge in [0.25, 0.3) is 0 Å². The Kier molecular flexibility index (Phi) is 2.80. The summed E-state index contributed by atoms with van der Waals surface area (Å²) >= 11 is 0. The zero-order chi connectivity index (χ0) is 13.9. The zero-order valence-corrected chi connectivity index (χ0v) is 12.6. The fourth-order valence-corrected chi connectivity index (χ4v) is 5.04. The van der Waals surface area contributed by atoms with Crippen LogP contribution in [-0.2, 0) is 14.3 Å². The summed E-state index contributed by atoms with van der Waals surface area (Å²) in [7, 11) is 1.82. The third-order valence-electron chi connectivity index (χ3n) is 5.27. The molecule has 4 aliphatic carbocycles. The molecule has 2 unspecified atom stereocenters. The van der Waals surface area contributed by atoms with Gasteiger partial charge in [-0.1, -0.05) is 0 Å². The highest BCUT2D eigenvalue weighted by molar-refractivity contribution is 5.78. The normalized spacial score (nSPS) is 44.4. The Labute approximate surface area is 116 Å². The lowest BCUT2D eigenvalue weighted by Crippen LogP contribution is -2.59. The van der Waals surface area contributed by atoms with Gasteiger partial charge in [0.1, 0.15) is 5.60 Å². The second-order valence-electron chi connectivity index (χ2n) is 8.13. The van der Waals surface area contributed by atoms with Gasteiger partial charge in [0.05, 0.1) is 11.0 Å². The van der Waals surface area contributed by atoms with Gasteiger partial charge in [-0.05, 0) is 71.1 Å². The Hall–Kier alpha value is -0.570. The van der Waals surface area contributed by atoms with Gasteiger partial charge in [-0.15, -0.1) is 0 Å². The Bertz CT molecular complexity index is 379. The lowest BCUT2D eigenvalue weighted by Gasteiger charge is -2.60. The van der Waals surface area contributed by atoms with Crippen molar-refractivity contribution in [1.82, 2.24) is 0 Å². The number of carbonyl (C=O) groups is 1. The summed E-state index contributed by atoms with van der Waals surface area (Å²) in [6.45, 7) is 5.87. The van der Waals surface area contributed by atoms with Crippen LogP contribution in [0, 0.1) is 17.3 Å². The van der Waals surface area contributed by atoms with Gasteiger partial charge >= 0.3 is 5.97 Å². The minimum atomic E-state index is -0.388. The maximum Gasteiger partial charge on any atom is 0.312 e. The Morgan fingerprint density at radius 3 is 2.16 bits per heavy atom. The highest BCUT2D eigenvalue weighted by Crippen LogP contribution is 2.63. The van der Waals surface area contributed by atoms with E-state index in [-0.39, 0.29) is 22.6 Å². The molecule has 0 aromatic rings. The average molecular weight is 266 g/mol. The summed E-state index contributed by atoms with van der Waals surface area (Å²) in [5.41, 5.74) is -0.686. The minimum absolute atomic E-state index is 0.0236. The molecule has 0 saturated heterocycles. The van der Waals surface area contributed by atoms with E-state index in [1.54, 1.807) is 0 Å². The number of carbonyl (C=O) groups excluding carboxylic acids is 1. The van der Waals surface area contributed by atoms with Crippen LogP contribution in [0.2, 0.25) is 0 Å². The summed E-state index contributed by atoms with van der Waals surface area (Å²) in [5.74, 6) is 1.35. The number of ether oxygens (including phenoxy) is 2. The van der Waals surface area contributed by atoms with Crippen molar-refractivity contribution in [2.45, 2.75) is 70.5 Å². The SMILES string of the molecule is COC12CC3CC(C1)CC(C(=O)OC(C)(C)C)(C3)C2. The highest BCUT2D eigenvalue weighted by atomic mass is 16.6. The van der Waals surface area contributed by atoms with Crippen LogP contribution in [0.5, 0.6) is 0 Å². The molecule has 19 heavy (non-hydrogen) atoms. The van der Waals surface area contributed by atoms with Crippen LogP contribution < -0.4 is 0 Å². The number of hydrogen-bond acceptors (Lipinski definition) is 3. The Morgan fingerprint density at radius 1 is 1.11 bits per heavy atom. The van der Waals surface area contributed by atoms with E-state index >= 15 is 0 Å². The van der Waals surface area contributed by atoms with Crippen LogP contribution in [0.1, 0.15) is 59.3 Å². The molecule has 4 saturated carbocycles. The number of methoxy groups -OCH3 is 1. The summed E-state index contributed by atoms with van der Waals surface area (Å²) in [4.78, 5) is 12.7. The quantitative estimate of drug-likeness (QED) is 0.719. The number of rotatable bonds is 2. The van der Waals surface area contributed by atoms with Crippen molar-refractivity contribution >= 4 is 5.97 Å². The van der Waals surface area contributed by atoms with Crippen molar-refractivity contribution in [3.63, 3.8) is 0 Å². The van der Waals surface area contributed by atoms with E-state index in [2.05, 4.69) is 0 Å². The molecule has 2 atom stereocenters. The Morgan fingerprint density at radius 2 is 1.68 bits per heavy atom. The molecule has 0 aromatic heterocycles. The van der Waals surface area contributed by atoms with Gasteiger partial charge < -0.3 is 9.47 Å². The third kappa shape index (κ3) is 2.20. The van der Waals surface area contributed by atoms with Gasteiger partial charge in [0.2, 0.25) is 0 Å². The first-order valence-corrected chi connectivity index (χ1v) is 7.55. The van der Waals surface area contributed by atoms with Crippen molar-refractivity contribution in [2.75, 3.05) is 7.11 Å². The largest absolute Gasteiger partial charge is 0.460 e. The van der Waals surface area contributed by atoms with E-state index in [4.69, 9.17) is 9.47 Å². The molecule has 3 heteroatoms. The van der Waals surface area contributed by atoms with Gasteiger partial charge in [-0.2, -0.15) is 0 Å². The fraction of sp³-hybridized carbons (Fsp3) is 0.938. The van der Waals surface area contributed by atoms with E-state index in [1.807, 2.05) is 27.9 Å². The number of esters is 1. The molecular weight excluding hydrogens is 240 g/mol. The van der Waals surface area contributed by atoms with Crippen molar-refractivity contribution in [2.24, 2.45) is 17.3 Å². The predicted octanol–water partition coefficient (Wildman–Crippen LogP) is 3.31. The standard InChI is InChI=1S/C16H26O3/c1-14(2,3)19-13(17)15-6-11-5-12(7-15)9-16(8-11,10-15)18-4/h11-12H,5-10H2,1-4H3. The molecule has 0 heterocycles. The summed E-state index contributed by atoms with van der Waals surface area (Å²) < 4.78 is 11.6. The molecule has 4 aliphatic rings. The van der Waals surface area contributed by atoms with Crippen molar-refractivity contribution in [3.05, 3.63) is 0 Å². The first-order valence-electron chi connectivity index (χ1n) is 7.55. The molecule has 3 nitrogen and oxygen atoms in total. The third-order valence-corrected chi connectivity index (χ3v) is 5.27. The molecule has 0 spiro atoms. The summed E-state index contributed by atoms with van der Waals surface area (Å²) in [6.07, 6.45) is 6.48. The molecule has 108 valence electrons. The van der Waals surface area contributed by atoms with Crippen LogP contribution >= 0.6 is 0 Å². The van der Waals surface area contributed by atoms with Crippen molar-refractivity contribution in [1.29, 1.82) is 0 Å². The van der Waals surface area contributed by atoms with Crippen LogP contribution in [0.25, 0.3) is 0 Å². The second kappa shape index (κ2) is 3.97. The van der Waals surface area contributed by atoms with E-state index in [0.29, 0.717) is 11.8 Å². The predicted molar refractivity (Wildman–Crippen MR) is 72.7 cm³/mol. The lowest BCUT2D eigenvalue weighted by atomic mass is 9.48. The van der Waals surface area contributed by atoms with E-state index in [0.717, 1.165) is 32.1 Å². The van der Waals surface area contributed by atoms with Crippen LogP contribution in [0.3, 0.4) is 0 Å². The van der Waals surface area contributed by atoms with Gasteiger partial charge in [-0.25, -0.2) is 0 Å².